The van der Waals surface area contributed by atoms with Crippen molar-refractivity contribution < 1.29 is 9.18 Å². The van der Waals surface area contributed by atoms with E-state index in [0.29, 0.717) is 35.9 Å². The Kier molecular flexibility index (Phi) is 4.88. The van der Waals surface area contributed by atoms with Gasteiger partial charge in [-0.25, -0.2) is 4.39 Å². The van der Waals surface area contributed by atoms with Crippen molar-refractivity contribution in [3.8, 4) is 0 Å². The summed E-state index contributed by atoms with van der Waals surface area (Å²) in [6.07, 6.45) is 4.69. The molecule has 0 aromatic carbocycles. The molecule has 0 aliphatic heterocycles. The maximum atomic E-state index is 13.8. The molecule has 1 N–H and O–H groups in total. The summed E-state index contributed by atoms with van der Waals surface area (Å²) in [6.45, 7) is 2.26. The van der Waals surface area contributed by atoms with Crippen LogP contribution < -0.4 is 5.32 Å². The van der Waals surface area contributed by atoms with Gasteiger partial charge in [-0.3, -0.25) is 4.79 Å². The maximum absolute atomic E-state index is 13.8. The number of carbonyl (C=O) groups excluding carboxylic acids is 1. The quantitative estimate of drug-likeness (QED) is 0.670. The molecule has 3 nitrogen and oxygen atoms in total. The largest absolute Gasteiger partial charge is 0.352 e. The summed E-state index contributed by atoms with van der Waals surface area (Å²) in [4.78, 5) is 12.5. The number of hydrogen-bond acceptors (Lipinski definition) is 1. The molecule has 1 saturated carbocycles. The predicted molar refractivity (Wildman–Crippen MR) is 98.9 cm³/mol. The molecule has 1 fully saturated rings. The molecule has 124 valence electrons. The van der Waals surface area contributed by atoms with Gasteiger partial charge >= 0.3 is 0 Å². The first-order valence-electron chi connectivity index (χ1n) is 7.79. The van der Waals surface area contributed by atoms with E-state index in [1.807, 2.05) is 22.7 Å². The van der Waals surface area contributed by atoms with Gasteiger partial charge in [0.25, 0.3) is 5.91 Å². The number of nitrogens with zero attached hydrogens (tertiary/aromatic N) is 1. The number of nitrogens with one attached hydrogen (secondary N) is 1. The lowest BCUT2D eigenvalue weighted by Crippen LogP contribution is -2.34. The van der Waals surface area contributed by atoms with Crippen LogP contribution in [0.2, 0.25) is 5.02 Å². The summed E-state index contributed by atoms with van der Waals surface area (Å²) in [5.41, 5.74) is 0.282. The van der Waals surface area contributed by atoms with Gasteiger partial charge in [-0.2, -0.15) is 0 Å². The summed E-state index contributed by atoms with van der Waals surface area (Å²) >= 11 is 8.44. The van der Waals surface area contributed by atoms with Gasteiger partial charge in [0.05, 0.1) is 19.8 Å². The highest BCUT2D eigenvalue weighted by Crippen LogP contribution is 2.34. The second-order valence-electron chi connectivity index (χ2n) is 6.52. The van der Waals surface area contributed by atoms with E-state index in [0.717, 1.165) is 22.1 Å². The highest BCUT2D eigenvalue weighted by atomic mass is 127. The SMILES string of the molecule is CC1(F)CCC(CNC(=O)c2cc(I)n3cccc(Cl)c23)CC1. The van der Waals surface area contributed by atoms with E-state index in [1.165, 1.54) is 0 Å². The summed E-state index contributed by atoms with van der Waals surface area (Å²) in [7, 11) is 0. The minimum Gasteiger partial charge on any atom is -0.352 e. The minimum absolute atomic E-state index is 0.118. The Morgan fingerprint density at radius 2 is 2.22 bits per heavy atom. The zero-order valence-electron chi connectivity index (χ0n) is 12.9. The van der Waals surface area contributed by atoms with Crippen molar-refractivity contribution in [2.75, 3.05) is 6.54 Å². The molecule has 3 rings (SSSR count). The lowest BCUT2D eigenvalue weighted by molar-refractivity contribution is 0.0895. The summed E-state index contributed by atoms with van der Waals surface area (Å²) in [5, 5.41) is 3.55. The normalized spacial score (nSPS) is 24.8. The number of pyridine rings is 1. The molecule has 1 aliphatic carbocycles. The molecule has 1 amide bonds. The van der Waals surface area contributed by atoms with Crippen LogP contribution in [-0.2, 0) is 0 Å². The van der Waals surface area contributed by atoms with Gasteiger partial charge < -0.3 is 9.72 Å². The molecule has 0 unspecified atom stereocenters. The number of aromatic nitrogens is 1. The van der Waals surface area contributed by atoms with Crippen molar-refractivity contribution in [1.29, 1.82) is 0 Å². The zero-order chi connectivity index (χ0) is 16.6. The average Bonchev–Trinajstić information content (AvgIpc) is 2.85. The van der Waals surface area contributed by atoms with E-state index in [1.54, 1.807) is 13.0 Å². The molecule has 6 heteroatoms. The number of rotatable bonds is 3. The first-order chi connectivity index (χ1) is 10.9. The monoisotopic (exact) mass is 448 g/mol. The lowest BCUT2D eigenvalue weighted by atomic mass is 9.81. The highest BCUT2D eigenvalue weighted by molar-refractivity contribution is 14.1. The van der Waals surface area contributed by atoms with Crippen LogP contribution in [0, 0.1) is 9.62 Å². The van der Waals surface area contributed by atoms with Crippen molar-refractivity contribution >= 4 is 45.6 Å². The van der Waals surface area contributed by atoms with E-state index in [-0.39, 0.29) is 5.91 Å². The molecule has 23 heavy (non-hydrogen) atoms. The van der Waals surface area contributed by atoms with Crippen molar-refractivity contribution in [1.82, 2.24) is 9.72 Å². The van der Waals surface area contributed by atoms with Gasteiger partial charge in [0.2, 0.25) is 0 Å². The second kappa shape index (κ2) is 6.59. The summed E-state index contributed by atoms with van der Waals surface area (Å²) < 4.78 is 16.7. The number of halogens is 3. The minimum atomic E-state index is -1.04. The number of alkyl halides is 1. The van der Waals surface area contributed by atoms with E-state index in [2.05, 4.69) is 27.9 Å². The van der Waals surface area contributed by atoms with Crippen LogP contribution in [0.25, 0.3) is 5.52 Å². The fraction of sp³-hybridized carbons (Fsp3) is 0.471. The zero-order valence-corrected chi connectivity index (χ0v) is 15.8. The fourth-order valence-corrected chi connectivity index (χ4v) is 4.14. The highest BCUT2D eigenvalue weighted by Gasteiger charge is 2.30. The van der Waals surface area contributed by atoms with Gasteiger partial charge in [0, 0.05) is 12.7 Å². The lowest BCUT2D eigenvalue weighted by Gasteiger charge is -2.31. The van der Waals surface area contributed by atoms with Crippen molar-refractivity contribution in [3.63, 3.8) is 0 Å². The number of hydrogen-bond donors (Lipinski definition) is 1. The second-order valence-corrected chi connectivity index (χ2v) is 8.03. The third kappa shape index (κ3) is 3.65. The summed E-state index contributed by atoms with van der Waals surface area (Å²) in [6, 6.07) is 5.48. The Morgan fingerprint density at radius 3 is 2.91 bits per heavy atom. The van der Waals surface area contributed by atoms with Crippen molar-refractivity contribution in [2.24, 2.45) is 5.92 Å². The van der Waals surface area contributed by atoms with Crippen molar-refractivity contribution in [3.05, 3.63) is 38.7 Å². The molecular weight excluding hydrogens is 430 g/mol. The van der Waals surface area contributed by atoms with Gasteiger partial charge in [-0.05, 0) is 79.3 Å². The van der Waals surface area contributed by atoms with Crippen LogP contribution in [-0.4, -0.2) is 22.5 Å². The smallest absolute Gasteiger partial charge is 0.253 e. The van der Waals surface area contributed by atoms with Crippen LogP contribution in [0.3, 0.4) is 0 Å². The summed E-state index contributed by atoms with van der Waals surface area (Å²) in [5.74, 6) is 0.235. The topological polar surface area (TPSA) is 33.5 Å². The van der Waals surface area contributed by atoms with Gasteiger partial charge in [-0.15, -0.1) is 0 Å². The average molecular weight is 449 g/mol. The Labute approximate surface area is 153 Å². The first-order valence-corrected chi connectivity index (χ1v) is 9.25. The molecule has 0 radical (unpaired) electrons. The van der Waals surface area contributed by atoms with E-state index in [4.69, 9.17) is 11.6 Å². The molecule has 1 aliphatic rings. The Hall–Kier alpha value is -0.820. The Bertz CT molecular complexity index is 734. The molecule has 0 spiro atoms. The molecular formula is C17H19ClFIN2O. The third-order valence-corrected chi connectivity index (χ3v) is 5.77. The molecule has 0 bridgehead atoms. The van der Waals surface area contributed by atoms with Crippen LogP contribution in [0.1, 0.15) is 43.0 Å². The van der Waals surface area contributed by atoms with Gasteiger partial charge in [0.15, 0.2) is 0 Å². The van der Waals surface area contributed by atoms with E-state index < -0.39 is 5.67 Å². The van der Waals surface area contributed by atoms with E-state index in [9.17, 15) is 9.18 Å². The van der Waals surface area contributed by atoms with Crippen LogP contribution >= 0.6 is 34.2 Å². The standard InChI is InChI=1S/C17H19ClFIN2O/c1-17(19)6-4-11(5-7-17)10-21-16(23)12-9-14(20)22-8-2-3-13(18)15(12)22/h2-3,8-9,11H,4-7,10H2,1H3,(H,21,23). The molecule has 2 aromatic rings. The Balaban J connectivity index is 1.70. The maximum Gasteiger partial charge on any atom is 0.253 e. The molecule has 0 atom stereocenters. The van der Waals surface area contributed by atoms with Crippen LogP contribution in [0.4, 0.5) is 4.39 Å². The predicted octanol–water partition coefficient (Wildman–Crippen LogP) is 4.85. The fourth-order valence-electron chi connectivity index (χ4n) is 3.16. The Morgan fingerprint density at radius 1 is 1.52 bits per heavy atom. The molecule has 2 heterocycles. The number of carbonyl (C=O) groups is 1. The van der Waals surface area contributed by atoms with Gasteiger partial charge in [-0.1, -0.05) is 11.6 Å². The van der Waals surface area contributed by atoms with Crippen LogP contribution in [0.5, 0.6) is 0 Å². The number of fused-ring (bicyclic) bond motifs is 1. The third-order valence-electron chi connectivity index (χ3n) is 4.64. The van der Waals surface area contributed by atoms with E-state index >= 15 is 0 Å². The van der Waals surface area contributed by atoms with Gasteiger partial charge in [0.1, 0.15) is 5.67 Å². The number of amides is 1. The van der Waals surface area contributed by atoms with Crippen molar-refractivity contribution in [2.45, 2.75) is 38.3 Å². The molecule has 0 saturated heterocycles. The first kappa shape index (κ1) is 17.0. The molecule has 2 aromatic heterocycles. The van der Waals surface area contributed by atoms with Crippen LogP contribution in [0.15, 0.2) is 24.4 Å².